The van der Waals surface area contributed by atoms with Gasteiger partial charge in [-0.05, 0) is 60.4 Å². The molecule has 0 radical (unpaired) electrons. The number of nitrogen functional groups attached to an aromatic ring is 1. The number of hydrogen-bond donors (Lipinski definition) is 1. The summed E-state index contributed by atoms with van der Waals surface area (Å²) in [6, 6.07) is 4.02. The lowest BCUT2D eigenvalue weighted by Crippen LogP contribution is -2.06. The van der Waals surface area contributed by atoms with Crippen LogP contribution in [0.25, 0.3) is 5.69 Å². The molecular formula is C12H15N5. The molecule has 88 valence electrons. The monoisotopic (exact) mass is 229 g/mol. The minimum atomic E-state index is 0.506. The molecule has 1 aliphatic rings. The summed E-state index contributed by atoms with van der Waals surface area (Å²) < 4.78 is 1.78. The van der Waals surface area contributed by atoms with Crippen LogP contribution in [0.2, 0.25) is 0 Å². The maximum atomic E-state index is 6.05. The molecule has 1 saturated carbocycles. The van der Waals surface area contributed by atoms with Crippen molar-refractivity contribution in [2.45, 2.75) is 32.6 Å². The van der Waals surface area contributed by atoms with E-state index in [2.05, 4.69) is 29.4 Å². The Kier molecular flexibility index (Phi) is 2.14. The Balaban J connectivity index is 2.14. The van der Waals surface area contributed by atoms with E-state index in [0.29, 0.717) is 5.92 Å². The molecule has 3 rings (SSSR count). The van der Waals surface area contributed by atoms with E-state index in [-0.39, 0.29) is 0 Å². The maximum absolute atomic E-state index is 6.05. The molecule has 0 amide bonds. The van der Waals surface area contributed by atoms with Crippen molar-refractivity contribution < 1.29 is 0 Å². The van der Waals surface area contributed by atoms with E-state index in [0.717, 1.165) is 17.2 Å². The Morgan fingerprint density at radius 1 is 1.24 bits per heavy atom. The van der Waals surface area contributed by atoms with Crippen molar-refractivity contribution in [3.63, 3.8) is 0 Å². The van der Waals surface area contributed by atoms with Crippen molar-refractivity contribution in [1.82, 2.24) is 20.2 Å². The van der Waals surface area contributed by atoms with Gasteiger partial charge in [0.2, 0.25) is 0 Å². The lowest BCUT2D eigenvalue weighted by Gasteiger charge is -2.10. The summed E-state index contributed by atoms with van der Waals surface area (Å²) >= 11 is 0. The van der Waals surface area contributed by atoms with Gasteiger partial charge in [-0.3, -0.25) is 0 Å². The molecule has 2 aromatic rings. The summed E-state index contributed by atoms with van der Waals surface area (Å²) in [5, 5.41) is 11.9. The van der Waals surface area contributed by atoms with Crippen molar-refractivity contribution in [1.29, 1.82) is 0 Å². The zero-order valence-electron chi connectivity index (χ0n) is 10.0. The lowest BCUT2D eigenvalue weighted by molar-refractivity contribution is 0.764. The van der Waals surface area contributed by atoms with Gasteiger partial charge >= 0.3 is 0 Å². The molecule has 0 spiro atoms. The number of anilines is 1. The maximum Gasteiger partial charge on any atom is 0.159 e. The standard InChI is InChI=1S/C12H15N5/c1-7-5-10(13)11(6-8(7)2)17-12(9-3-4-9)14-15-16-17/h5-6,9H,3-4,13H2,1-2H3. The Bertz CT molecular complexity index is 568. The fourth-order valence-electron chi connectivity index (χ4n) is 1.97. The molecule has 1 fully saturated rings. The van der Waals surface area contributed by atoms with Gasteiger partial charge in [0.05, 0.1) is 11.4 Å². The van der Waals surface area contributed by atoms with Crippen LogP contribution in [0.3, 0.4) is 0 Å². The van der Waals surface area contributed by atoms with E-state index in [1.165, 1.54) is 24.0 Å². The summed E-state index contributed by atoms with van der Waals surface area (Å²) in [5.41, 5.74) is 10.1. The number of aryl methyl sites for hydroxylation is 2. The van der Waals surface area contributed by atoms with E-state index in [9.17, 15) is 0 Å². The first kappa shape index (κ1) is 10.3. The van der Waals surface area contributed by atoms with Crippen molar-refractivity contribution in [2.24, 2.45) is 0 Å². The highest BCUT2D eigenvalue weighted by Gasteiger charge is 2.30. The van der Waals surface area contributed by atoms with Crippen molar-refractivity contribution in [2.75, 3.05) is 5.73 Å². The first-order valence-electron chi connectivity index (χ1n) is 5.82. The minimum absolute atomic E-state index is 0.506. The van der Waals surface area contributed by atoms with E-state index in [1.54, 1.807) is 4.68 Å². The van der Waals surface area contributed by atoms with Gasteiger partial charge in [0.15, 0.2) is 5.82 Å². The van der Waals surface area contributed by atoms with Gasteiger partial charge in [0, 0.05) is 5.92 Å². The van der Waals surface area contributed by atoms with Gasteiger partial charge in [-0.2, -0.15) is 4.68 Å². The highest BCUT2D eigenvalue weighted by Crippen LogP contribution is 2.39. The summed E-state index contributed by atoms with van der Waals surface area (Å²) in [6.07, 6.45) is 2.34. The highest BCUT2D eigenvalue weighted by molar-refractivity contribution is 5.61. The average molecular weight is 229 g/mol. The Labute approximate surface area is 99.6 Å². The topological polar surface area (TPSA) is 69.6 Å². The predicted octanol–water partition coefficient (Wildman–Crippen LogP) is 1.74. The predicted molar refractivity (Wildman–Crippen MR) is 65.0 cm³/mol. The van der Waals surface area contributed by atoms with Gasteiger partial charge in [-0.25, -0.2) is 0 Å². The Morgan fingerprint density at radius 3 is 2.65 bits per heavy atom. The summed E-state index contributed by atoms with van der Waals surface area (Å²) in [6.45, 7) is 4.12. The van der Waals surface area contributed by atoms with Gasteiger partial charge in [-0.1, -0.05) is 0 Å². The van der Waals surface area contributed by atoms with Crippen molar-refractivity contribution >= 4 is 5.69 Å². The summed E-state index contributed by atoms with van der Waals surface area (Å²) in [7, 11) is 0. The van der Waals surface area contributed by atoms with Crippen molar-refractivity contribution in [3.05, 3.63) is 29.1 Å². The molecular weight excluding hydrogens is 214 g/mol. The molecule has 0 aliphatic heterocycles. The van der Waals surface area contributed by atoms with Crippen LogP contribution >= 0.6 is 0 Å². The molecule has 0 saturated heterocycles. The van der Waals surface area contributed by atoms with Gasteiger partial charge in [0.1, 0.15) is 0 Å². The molecule has 0 unspecified atom stereocenters. The van der Waals surface area contributed by atoms with Crippen LogP contribution in [0.15, 0.2) is 12.1 Å². The summed E-state index contributed by atoms with van der Waals surface area (Å²) in [4.78, 5) is 0. The third-order valence-corrected chi connectivity index (χ3v) is 3.31. The number of benzene rings is 1. The second-order valence-corrected chi connectivity index (χ2v) is 4.72. The first-order chi connectivity index (χ1) is 8.16. The second kappa shape index (κ2) is 3.55. The smallest absolute Gasteiger partial charge is 0.159 e. The van der Waals surface area contributed by atoms with Crippen LogP contribution in [0, 0.1) is 13.8 Å². The highest BCUT2D eigenvalue weighted by atomic mass is 15.5. The van der Waals surface area contributed by atoms with Gasteiger partial charge in [0.25, 0.3) is 0 Å². The van der Waals surface area contributed by atoms with Crippen LogP contribution in [0.1, 0.15) is 35.7 Å². The van der Waals surface area contributed by atoms with Crippen LogP contribution in [0.5, 0.6) is 0 Å². The number of nitrogens with two attached hydrogens (primary N) is 1. The second-order valence-electron chi connectivity index (χ2n) is 4.72. The van der Waals surface area contributed by atoms with Gasteiger partial charge < -0.3 is 5.73 Å². The van der Waals surface area contributed by atoms with E-state index < -0.39 is 0 Å². The van der Waals surface area contributed by atoms with Gasteiger partial charge in [-0.15, -0.1) is 5.10 Å². The first-order valence-corrected chi connectivity index (χ1v) is 5.82. The van der Waals surface area contributed by atoms with Crippen LogP contribution in [-0.2, 0) is 0 Å². The van der Waals surface area contributed by atoms with Crippen LogP contribution < -0.4 is 5.73 Å². The van der Waals surface area contributed by atoms with E-state index >= 15 is 0 Å². The third kappa shape index (κ3) is 1.67. The zero-order valence-corrected chi connectivity index (χ0v) is 10.0. The fraction of sp³-hybridized carbons (Fsp3) is 0.417. The molecule has 1 aliphatic carbocycles. The Morgan fingerprint density at radius 2 is 1.94 bits per heavy atom. The minimum Gasteiger partial charge on any atom is -0.397 e. The molecule has 5 heteroatoms. The normalized spacial score (nSPS) is 15.2. The molecule has 0 bridgehead atoms. The Hall–Kier alpha value is -1.91. The molecule has 1 aromatic heterocycles. The number of nitrogens with zero attached hydrogens (tertiary/aromatic N) is 4. The van der Waals surface area contributed by atoms with Crippen molar-refractivity contribution in [3.8, 4) is 5.69 Å². The third-order valence-electron chi connectivity index (χ3n) is 3.31. The zero-order chi connectivity index (χ0) is 12.0. The van der Waals surface area contributed by atoms with Crippen LogP contribution in [0.4, 0.5) is 5.69 Å². The lowest BCUT2D eigenvalue weighted by atomic mass is 10.1. The molecule has 17 heavy (non-hydrogen) atoms. The molecule has 0 atom stereocenters. The number of tetrazole rings is 1. The number of aromatic nitrogens is 4. The molecule has 1 heterocycles. The quantitative estimate of drug-likeness (QED) is 0.796. The number of hydrogen-bond acceptors (Lipinski definition) is 4. The number of rotatable bonds is 2. The molecule has 1 aromatic carbocycles. The van der Waals surface area contributed by atoms with Crippen LogP contribution in [-0.4, -0.2) is 20.2 Å². The summed E-state index contributed by atoms with van der Waals surface area (Å²) in [5.74, 6) is 1.44. The van der Waals surface area contributed by atoms with E-state index in [1.807, 2.05) is 12.1 Å². The SMILES string of the molecule is Cc1cc(N)c(-n2nnnc2C2CC2)cc1C. The molecule has 2 N–H and O–H groups in total. The fourth-order valence-corrected chi connectivity index (χ4v) is 1.97. The molecule has 5 nitrogen and oxygen atoms in total. The average Bonchev–Trinajstić information content (AvgIpc) is 3.02. The largest absolute Gasteiger partial charge is 0.397 e. The van der Waals surface area contributed by atoms with E-state index in [4.69, 9.17) is 5.73 Å².